The van der Waals surface area contributed by atoms with Crippen molar-refractivity contribution in [1.29, 1.82) is 0 Å². The van der Waals surface area contributed by atoms with E-state index in [-0.39, 0.29) is 0 Å². The second-order valence-electron chi connectivity index (χ2n) is 3.62. The predicted octanol–water partition coefficient (Wildman–Crippen LogP) is 4.62. The Hall–Kier alpha value is -0.330. The highest BCUT2D eigenvalue weighted by atomic mass is 79.9. The lowest BCUT2D eigenvalue weighted by Crippen LogP contribution is -2.01. The highest BCUT2D eigenvalue weighted by Crippen LogP contribution is 2.34. The highest BCUT2D eigenvalue weighted by molar-refractivity contribution is 9.11. The molecule has 6 heteroatoms. The van der Waals surface area contributed by atoms with Crippen molar-refractivity contribution in [1.82, 2.24) is 10.2 Å². The monoisotopic (exact) mass is 421 g/mol. The van der Waals surface area contributed by atoms with Crippen molar-refractivity contribution in [3.05, 3.63) is 43.0 Å². The summed E-state index contributed by atoms with van der Waals surface area (Å²) in [5.41, 5.74) is 3.28. The summed E-state index contributed by atoms with van der Waals surface area (Å²) in [6.07, 6.45) is 1.84. The minimum atomic E-state index is 0.737. The Labute approximate surface area is 125 Å². The van der Waals surface area contributed by atoms with Gasteiger partial charge in [-0.05, 0) is 50.9 Å². The molecule has 2 N–H and O–H groups in total. The topological polar surface area (TPSA) is 40.7 Å². The zero-order valence-electron chi connectivity index (χ0n) is 9.02. The van der Waals surface area contributed by atoms with Gasteiger partial charge < -0.3 is 5.32 Å². The van der Waals surface area contributed by atoms with Crippen molar-refractivity contribution in [3.8, 4) is 0 Å². The van der Waals surface area contributed by atoms with Crippen LogP contribution in [0.3, 0.4) is 0 Å². The molecule has 1 aromatic carbocycles. The molecule has 1 heterocycles. The Balaban J connectivity index is 2.17. The maximum absolute atomic E-state index is 4.00. The number of aryl methyl sites for hydroxylation is 1. The van der Waals surface area contributed by atoms with E-state index in [1.807, 2.05) is 25.3 Å². The molecule has 0 unspecified atom stereocenters. The first-order chi connectivity index (χ1) is 8.08. The maximum Gasteiger partial charge on any atom is 0.0632 e. The van der Waals surface area contributed by atoms with Crippen molar-refractivity contribution in [2.45, 2.75) is 13.5 Å². The minimum absolute atomic E-state index is 0.737. The molecule has 0 spiro atoms. The third-order valence-electron chi connectivity index (χ3n) is 2.40. The predicted molar refractivity (Wildman–Crippen MR) is 80.2 cm³/mol. The van der Waals surface area contributed by atoms with Gasteiger partial charge in [0, 0.05) is 31.2 Å². The molecule has 1 aromatic heterocycles. The number of hydrogen-bond acceptors (Lipinski definition) is 2. The van der Waals surface area contributed by atoms with Gasteiger partial charge in [-0.2, -0.15) is 5.10 Å². The van der Waals surface area contributed by atoms with Crippen LogP contribution >= 0.6 is 47.8 Å². The lowest BCUT2D eigenvalue weighted by atomic mass is 10.2. The third kappa shape index (κ3) is 3.11. The average molecular weight is 424 g/mol. The Bertz CT molecular complexity index is 514. The molecule has 17 heavy (non-hydrogen) atoms. The molecule has 2 rings (SSSR count). The van der Waals surface area contributed by atoms with Gasteiger partial charge in [0.1, 0.15) is 0 Å². The number of aromatic nitrogens is 2. The van der Waals surface area contributed by atoms with Crippen LogP contribution in [0.4, 0.5) is 5.69 Å². The van der Waals surface area contributed by atoms with E-state index in [1.54, 1.807) is 0 Å². The number of hydrogen-bond donors (Lipinski definition) is 2. The first-order valence-electron chi connectivity index (χ1n) is 4.95. The van der Waals surface area contributed by atoms with Crippen LogP contribution in [0, 0.1) is 6.92 Å². The quantitative estimate of drug-likeness (QED) is 0.756. The van der Waals surface area contributed by atoms with Crippen LogP contribution in [-0.2, 0) is 6.54 Å². The van der Waals surface area contributed by atoms with Gasteiger partial charge in [-0.15, -0.1) is 0 Å². The number of benzene rings is 1. The molecule has 0 radical (unpaired) electrons. The second-order valence-corrected chi connectivity index (χ2v) is 6.24. The number of H-pyrrole nitrogens is 1. The van der Waals surface area contributed by atoms with E-state index in [9.17, 15) is 0 Å². The van der Waals surface area contributed by atoms with Gasteiger partial charge in [0.25, 0.3) is 0 Å². The smallest absolute Gasteiger partial charge is 0.0632 e. The van der Waals surface area contributed by atoms with E-state index in [0.717, 1.165) is 36.9 Å². The molecule has 0 atom stereocenters. The third-order valence-corrected chi connectivity index (χ3v) is 4.11. The maximum atomic E-state index is 4.00. The number of nitrogens with one attached hydrogen (secondary N) is 2. The summed E-state index contributed by atoms with van der Waals surface area (Å²) < 4.78 is 3.06. The van der Waals surface area contributed by atoms with E-state index in [2.05, 4.69) is 63.3 Å². The van der Waals surface area contributed by atoms with Gasteiger partial charge in [0.2, 0.25) is 0 Å². The van der Waals surface area contributed by atoms with Crippen LogP contribution in [0.2, 0.25) is 0 Å². The van der Waals surface area contributed by atoms with Crippen LogP contribution in [0.1, 0.15) is 11.3 Å². The van der Waals surface area contributed by atoms with E-state index < -0.39 is 0 Å². The Morgan fingerprint density at radius 1 is 1.24 bits per heavy atom. The molecular weight excluding hydrogens is 414 g/mol. The van der Waals surface area contributed by atoms with Crippen LogP contribution in [0.25, 0.3) is 0 Å². The van der Waals surface area contributed by atoms with Gasteiger partial charge in [0.05, 0.1) is 11.9 Å². The molecule has 0 aliphatic rings. The fourth-order valence-electron chi connectivity index (χ4n) is 1.45. The normalized spacial score (nSPS) is 10.6. The van der Waals surface area contributed by atoms with Crippen LogP contribution in [0.5, 0.6) is 0 Å². The fourth-order valence-corrected chi connectivity index (χ4v) is 3.99. The number of anilines is 1. The minimum Gasteiger partial charge on any atom is -0.379 e. The first kappa shape index (κ1) is 13.1. The summed E-state index contributed by atoms with van der Waals surface area (Å²) >= 11 is 10.5. The molecule has 0 fully saturated rings. The molecule has 2 aromatic rings. The van der Waals surface area contributed by atoms with Crippen LogP contribution in [0.15, 0.2) is 31.7 Å². The fraction of sp³-hybridized carbons (Fsp3) is 0.182. The van der Waals surface area contributed by atoms with Crippen molar-refractivity contribution in [2.75, 3.05) is 5.32 Å². The summed E-state index contributed by atoms with van der Waals surface area (Å²) in [5, 5.41) is 10.3. The number of aromatic amines is 1. The summed E-state index contributed by atoms with van der Waals surface area (Å²) in [7, 11) is 0. The van der Waals surface area contributed by atoms with Crippen molar-refractivity contribution in [3.63, 3.8) is 0 Å². The molecule has 0 bridgehead atoms. The van der Waals surface area contributed by atoms with E-state index in [0.29, 0.717) is 0 Å². The van der Waals surface area contributed by atoms with Crippen molar-refractivity contribution < 1.29 is 0 Å². The molecule has 3 nitrogen and oxygen atoms in total. The second kappa shape index (κ2) is 5.54. The molecular formula is C11H10Br3N3. The Morgan fingerprint density at radius 2 is 1.88 bits per heavy atom. The molecule has 0 saturated carbocycles. The molecule has 0 amide bonds. The summed E-state index contributed by atoms with van der Waals surface area (Å²) in [6.45, 7) is 2.75. The summed E-state index contributed by atoms with van der Waals surface area (Å²) in [6, 6.07) is 4.02. The molecule has 0 saturated heterocycles. The number of nitrogens with zero attached hydrogens (tertiary/aromatic N) is 1. The Kier molecular flexibility index (Phi) is 4.27. The van der Waals surface area contributed by atoms with E-state index in [1.165, 1.54) is 0 Å². The van der Waals surface area contributed by atoms with Crippen LogP contribution in [-0.4, -0.2) is 10.2 Å². The zero-order chi connectivity index (χ0) is 12.4. The first-order valence-corrected chi connectivity index (χ1v) is 7.33. The number of rotatable bonds is 3. The standard InChI is InChI=1S/C11H10Br3N3/c1-6-7(5-16-17-6)4-15-11-9(13)2-8(12)3-10(11)14/h2-3,5,15H,4H2,1H3,(H,16,17). The van der Waals surface area contributed by atoms with Gasteiger partial charge in [0.15, 0.2) is 0 Å². The van der Waals surface area contributed by atoms with Gasteiger partial charge in [-0.1, -0.05) is 15.9 Å². The van der Waals surface area contributed by atoms with Crippen molar-refractivity contribution >= 4 is 53.5 Å². The van der Waals surface area contributed by atoms with Crippen molar-refractivity contribution in [2.24, 2.45) is 0 Å². The van der Waals surface area contributed by atoms with Gasteiger partial charge in [-0.25, -0.2) is 0 Å². The molecule has 0 aliphatic carbocycles. The highest BCUT2D eigenvalue weighted by Gasteiger charge is 2.07. The molecule has 90 valence electrons. The Morgan fingerprint density at radius 3 is 2.41 bits per heavy atom. The zero-order valence-corrected chi connectivity index (χ0v) is 13.8. The largest absolute Gasteiger partial charge is 0.379 e. The van der Waals surface area contributed by atoms with Gasteiger partial charge in [-0.3, -0.25) is 5.10 Å². The lowest BCUT2D eigenvalue weighted by molar-refractivity contribution is 1.04. The molecule has 0 aliphatic heterocycles. The number of halogens is 3. The van der Waals surface area contributed by atoms with E-state index >= 15 is 0 Å². The van der Waals surface area contributed by atoms with Gasteiger partial charge >= 0.3 is 0 Å². The average Bonchev–Trinajstić information content (AvgIpc) is 2.62. The van der Waals surface area contributed by atoms with E-state index in [4.69, 9.17) is 0 Å². The lowest BCUT2D eigenvalue weighted by Gasteiger charge is -2.11. The SMILES string of the molecule is Cc1[nH]ncc1CNc1c(Br)cc(Br)cc1Br. The summed E-state index contributed by atoms with van der Waals surface area (Å²) in [4.78, 5) is 0. The summed E-state index contributed by atoms with van der Waals surface area (Å²) in [5.74, 6) is 0. The van der Waals surface area contributed by atoms with Crippen LogP contribution < -0.4 is 5.32 Å².